The van der Waals surface area contributed by atoms with Gasteiger partial charge in [-0.25, -0.2) is 0 Å². The van der Waals surface area contributed by atoms with E-state index >= 15 is 0 Å². The van der Waals surface area contributed by atoms with Gasteiger partial charge in [-0.3, -0.25) is 4.79 Å². The Morgan fingerprint density at radius 2 is 2.16 bits per heavy atom. The van der Waals surface area contributed by atoms with Crippen LogP contribution >= 0.6 is 23.4 Å². The van der Waals surface area contributed by atoms with Crippen molar-refractivity contribution in [1.82, 2.24) is 5.32 Å². The van der Waals surface area contributed by atoms with E-state index in [1.165, 1.54) is 18.9 Å². The predicted molar refractivity (Wildman–Crippen MR) is 78.5 cm³/mol. The molecule has 0 aliphatic rings. The number of thioether (sulfide) groups is 1. The molecule has 0 aliphatic heterocycles. The maximum atomic E-state index is 11.5. The topological polar surface area (TPSA) is 58.6 Å². The van der Waals surface area contributed by atoms with Gasteiger partial charge >= 0.3 is 0 Å². The third kappa shape index (κ3) is 7.42. The largest absolute Gasteiger partial charge is 0.389 e. The van der Waals surface area contributed by atoms with Gasteiger partial charge in [0.2, 0.25) is 5.91 Å². The molecule has 1 atom stereocenters. The van der Waals surface area contributed by atoms with Gasteiger partial charge in [-0.15, -0.1) is 11.8 Å². The molecule has 0 aromatic heterocycles. The number of hydrogen-bond donors (Lipinski definition) is 2. The summed E-state index contributed by atoms with van der Waals surface area (Å²) in [6.45, 7) is 0.437. The van der Waals surface area contributed by atoms with E-state index in [1.54, 1.807) is 0 Å². The van der Waals surface area contributed by atoms with E-state index < -0.39 is 6.10 Å². The lowest BCUT2D eigenvalue weighted by Gasteiger charge is -2.10. The van der Waals surface area contributed by atoms with E-state index in [0.717, 1.165) is 11.3 Å². The first kappa shape index (κ1) is 16.3. The number of nitrogens with one attached hydrogen (secondary N) is 1. The van der Waals surface area contributed by atoms with Crippen LogP contribution in [0.15, 0.2) is 24.3 Å². The van der Waals surface area contributed by atoms with Gasteiger partial charge in [0.05, 0.1) is 18.5 Å². The number of carbonyl (C=O) groups is 1. The Balaban J connectivity index is 2.15. The Kier molecular flexibility index (Phi) is 7.90. The second kappa shape index (κ2) is 9.20. The van der Waals surface area contributed by atoms with E-state index in [4.69, 9.17) is 16.3 Å². The fraction of sp³-hybridized carbons (Fsp3) is 0.462. The molecule has 2 N–H and O–H groups in total. The molecule has 1 rings (SSSR count). The van der Waals surface area contributed by atoms with Crippen LogP contribution < -0.4 is 5.32 Å². The van der Waals surface area contributed by atoms with E-state index in [0.29, 0.717) is 10.8 Å². The molecule has 6 heteroatoms. The summed E-state index contributed by atoms with van der Waals surface area (Å²) in [5.74, 6) is 1.03. The Morgan fingerprint density at radius 3 is 2.79 bits per heavy atom. The average Bonchev–Trinajstić information content (AvgIpc) is 2.39. The SMILES string of the molecule is COCC(O)CNC(=O)CSCc1ccc(Cl)cc1. The van der Waals surface area contributed by atoms with E-state index in [2.05, 4.69) is 5.32 Å². The molecular formula is C13H18ClNO3S. The van der Waals surface area contributed by atoms with Gasteiger partial charge < -0.3 is 15.2 Å². The zero-order valence-electron chi connectivity index (χ0n) is 10.8. The molecule has 1 unspecified atom stereocenters. The lowest BCUT2D eigenvalue weighted by molar-refractivity contribution is -0.119. The molecule has 0 saturated heterocycles. The van der Waals surface area contributed by atoms with Crippen LogP contribution in [-0.2, 0) is 15.3 Å². The number of hydrogen-bond acceptors (Lipinski definition) is 4. The van der Waals surface area contributed by atoms with Crippen LogP contribution in [0.2, 0.25) is 5.02 Å². The van der Waals surface area contributed by atoms with E-state index in [1.807, 2.05) is 24.3 Å². The third-order valence-electron chi connectivity index (χ3n) is 2.31. The summed E-state index contributed by atoms with van der Waals surface area (Å²) in [7, 11) is 1.51. The second-order valence-electron chi connectivity index (χ2n) is 4.03. The molecule has 19 heavy (non-hydrogen) atoms. The first-order valence-electron chi connectivity index (χ1n) is 5.87. The molecule has 0 spiro atoms. The van der Waals surface area contributed by atoms with Crippen molar-refractivity contribution in [2.75, 3.05) is 26.0 Å². The Hall–Kier alpha value is -0.750. The Labute approximate surface area is 122 Å². The summed E-state index contributed by atoms with van der Waals surface area (Å²) in [6.07, 6.45) is -0.657. The maximum Gasteiger partial charge on any atom is 0.230 e. The van der Waals surface area contributed by atoms with Gasteiger partial charge in [-0.05, 0) is 17.7 Å². The Bertz CT molecular complexity index is 386. The van der Waals surface area contributed by atoms with Crippen LogP contribution in [0.4, 0.5) is 0 Å². The number of carbonyl (C=O) groups excluding carboxylic acids is 1. The van der Waals surface area contributed by atoms with Gasteiger partial charge in [0.25, 0.3) is 0 Å². The number of aliphatic hydroxyl groups excluding tert-OH is 1. The highest BCUT2D eigenvalue weighted by Crippen LogP contribution is 2.15. The average molecular weight is 304 g/mol. The minimum atomic E-state index is -0.657. The molecule has 0 saturated carbocycles. The minimum absolute atomic E-state index is 0.0888. The molecule has 0 heterocycles. The molecule has 0 radical (unpaired) electrons. The number of benzene rings is 1. The number of aliphatic hydroxyl groups is 1. The van der Waals surface area contributed by atoms with Gasteiger partial charge in [-0.1, -0.05) is 23.7 Å². The van der Waals surface area contributed by atoms with Crippen molar-refractivity contribution in [3.63, 3.8) is 0 Å². The summed E-state index contributed by atoms with van der Waals surface area (Å²) in [4.78, 5) is 11.5. The normalized spacial score (nSPS) is 12.2. The van der Waals surface area contributed by atoms with Crippen LogP contribution in [0.3, 0.4) is 0 Å². The lowest BCUT2D eigenvalue weighted by Crippen LogP contribution is -2.35. The number of halogens is 1. The smallest absolute Gasteiger partial charge is 0.230 e. The highest BCUT2D eigenvalue weighted by Gasteiger charge is 2.06. The van der Waals surface area contributed by atoms with Crippen LogP contribution in [0.25, 0.3) is 0 Å². The minimum Gasteiger partial charge on any atom is -0.389 e. The summed E-state index contributed by atoms with van der Waals surface area (Å²) in [5.41, 5.74) is 1.13. The number of ether oxygens (including phenoxy) is 1. The fourth-order valence-corrected chi connectivity index (χ4v) is 2.32. The highest BCUT2D eigenvalue weighted by molar-refractivity contribution is 7.99. The molecule has 0 bridgehead atoms. The van der Waals surface area contributed by atoms with Gasteiger partial charge in [-0.2, -0.15) is 0 Å². The second-order valence-corrected chi connectivity index (χ2v) is 5.45. The van der Waals surface area contributed by atoms with Crippen molar-refractivity contribution in [3.05, 3.63) is 34.9 Å². The van der Waals surface area contributed by atoms with Gasteiger partial charge in [0, 0.05) is 24.4 Å². The molecule has 106 valence electrons. The van der Waals surface area contributed by atoms with Crippen molar-refractivity contribution in [2.24, 2.45) is 0 Å². The van der Waals surface area contributed by atoms with Crippen molar-refractivity contribution in [1.29, 1.82) is 0 Å². The molecule has 1 amide bonds. The molecule has 1 aromatic carbocycles. The fourth-order valence-electron chi connectivity index (χ4n) is 1.38. The molecule has 0 aliphatic carbocycles. The van der Waals surface area contributed by atoms with Crippen molar-refractivity contribution >= 4 is 29.3 Å². The number of methoxy groups -OCH3 is 1. The molecule has 4 nitrogen and oxygen atoms in total. The van der Waals surface area contributed by atoms with Crippen LogP contribution in [0.5, 0.6) is 0 Å². The van der Waals surface area contributed by atoms with E-state index in [-0.39, 0.29) is 19.1 Å². The number of rotatable bonds is 8. The first-order valence-corrected chi connectivity index (χ1v) is 7.41. The first-order chi connectivity index (χ1) is 9.11. The van der Waals surface area contributed by atoms with E-state index in [9.17, 15) is 9.90 Å². The molecule has 1 aromatic rings. The quantitative estimate of drug-likeness (QED) is 0.767. The monoisotopic (exact) mass is 303 g/mol. The zero-order valence-corrected chi connectivity index (χ0v) is 12.3. The summed E-state index contributed by atoms with van der Waals surface area (Å²) in [6, 6.07) is 7.54. The van der Waals surface area contributed by atoms with Crippen LogP contribution in [0, 0.1) is 0 Å². The Morgan fingerprint density at radius 1 is 1.47 bits per heavy atom. The number of amides is 1. The molecule has 0 fully saturated rings. The lowest BCUT2D eigenvalue weighted by atomic mass is 10.2. The molecular weight excluding hydrogens is 286 g/mol. The summed E-state index contributed by atoms with van der Waals surface area (Å²) < 4.78 is 4.77. The standard InChI is InChI=1S/C13H18ClNO3S/c1-18-7-12(16)6-15-13(17)9-19-8-10-2-4-11(14)5-3-10/h2-5,12,16H,6-9H2,1H3,(H,15,17). The van der Waals surface area contributed by atoms with Crippen LogP contribution in [0.1, 0.15) is 5.56 Å². The van der Waals surface area contributed by atoms with Crippen LogP contribution in [-0.4, -0.2) is 43.1 Å². The van der Waals surface area contributed by atoms with Gasteiger partial charge in [0.1, 0.15) is 0 Å². The van der Waals surface area contributed by atoms with Crippen molar-refractivity contribution in [3.8, 4) is 0 Å². The zero-order chi connectivity index (χ0) is 14.1. The van der Waals surface area contributed by atoms with Gasteiger partial charge in [0.15, 0.2) is 0 Å². The highest BCUT2D eigenvalue weighted by atomic mass is 35.5. The van der Waals surface area contributed by atoms with Crippen molar-refractivity contribution in [2.45, 2.75) is 11.9 Å². The maximum absolute atomic E-state index is 11.5. The van der Waals surface area contributed by atoms with Crippen molar-refractivity contribution < 1.29 is 14.6 Å². The third-order valence-corrected chi connectivity index (χ3v) is 3.56. The predicted octanol–water partition coefficient (Wildman–Crippen LogP) is 1.70. The summed E-state index contributed by atoms with van der Waals surface area (Å²) >= 11 is 7.31. The summed E-state index contributed by atoms with van der Waals surface area (Å²) in [5, 5.41) is 12.7.